The highest BCUT2D eigenvalue weighted by Crippen LogP contribution is 2.35. The molecule has 0 bridgehead atoms. The van der Waals surface area contributed by atoms with Gasteiger partial charge >= 0.3 is 0 Å². The molecule has 1 amide bonds. The second kappa shape index (κ2) is 7.19. The maximum Gasteiger partial charge on any atom is 0.272 e. The zero-order chi connectivity index (χ0) is 17.1. The summed E-state index contributed by atoms with van der Waals surface area (Å²) in [6.45, 7) is 1.79. The van der Waals surface area contributed by atoms with E-state index in [0.29, 0.717) is 37.3 Å². The first-order valence-corrected chi connectivity index (χ1v) is 8.68. The Hall–Kier alpha value is -2.47. The highest BCUT2D eigenvalue weighted by atomic mass is 16.5. The molecular weight excluding hydrogens is 318 g/mol. The lowest BCUT2D eigenvalue weighted by atomic mass is 10.1. The van der Waals surface area contributed by atoms with E-state index in [4.69, 9.17) is 9.47 Å². The summed E-state index contributed by atoms with van der Waals surface area (Å²) in [5, 5.41) is 0. The van der Waals surface area contributed by atoms with Crippen LogP contribution in [-0.2, 0) is 4.74 Å². The first kappa shape index (κ1) is 16.0. The van der Waals surface area contributed by atoms with Crippen LogP contribution in [0.25, 0.3) is 0 Å². The number of carbonyl (C=O) groups excluding carboxylic acids is 1. The molecule has 1 aliphatic carbocycles. The topological polar surface area (TPSA) is 64.6 Å². The lowest BCUT2D eigenvalue weighted by Crippen LogP contribution is -2.51. The molecule has 3 heterocycles. The monoisotopic (exact) mass is 339 g/mol. The van der Waals surface area contributed by atoms with E-state index in [2.05, 4.69) is 9.97 Å². The lowest BCUT2D eigenvalue weighted by molar-refractivity contribution is -0.0450. The zero-order valence-electron chi connectivity index (χ0n) is 14.0. The summed E-state index contributed by atoms with van der Waals surface area (Å²) in [4.78, 5) is 23.1. The van der Waals surface area contributed by atoms with Gasteiger partial charge in [0.25, 0.3) is 5.91 Å². The van der Waals surface area contributed by atoms with Crippen LogP contribution >= 0.6 is 0 Å². The standard InChI is InChI=1S/C19H21N3O3/c23-19(15-5-1-3-7-20-15)22-9-10-24-17-12-14(11-16(17)22)13-25-18-6-2-4-8-21-18/h1-8,14,16-17H,9-13H2/t14-,16+,17+/m0/s1. The van der Waals surface area contributed by atoms with Gasteiger partial charge in [-0.2, -0.15) is 0 Å². The summed E-state index contributed by atoms with van der Waals surface area (Å²) in [7, 11) is 0. The molecule has 1 aliphatic heterocycles. The second-order valence-electron chi connectivity index (χ2n) is 6.51. The van der Waals surface area contributed by atoms with Crippen molar-refractivity contribution in [1.82, 2.24) is 14.9 Å². The molecule has 1 saturated carbocycles. The number of carbonyl (C=O) groups is 1. The summed E-state index contributed by atoms with van der Waals surface area (Å²) in [5.74, 6) is 0.985. The van der Waals surface area contributed by atoms with E-state index in [-0.39, 0.29) is 18.1 Å². The normalized spacial score (nSPS) is 25.4. The van der Waals surface area contributed by atoms with Gasteiger partial charge in [0.1, 0.15) is 5.69 Å². The van der Waals surface area contributed by atoms with Gasteiger partial charge in [0, 0.05) is 25.0 Å². The third-order valence-electron chi connectivity index (χ3n) is 4.88. The molecule has 3 atom stereocenters. The molecule has 0 radical (unpaired) electrons. The Kier molecular flexibility index (Phi) is 4.61. The Bertz CT molecular complexity index is 710. The number of nitrogens with zero attached hydrogens (tertiary/aromatic N) is 3. The Balaban J connectivity index is 1.41. The maximum absolute atomic E-state index is 12.8. The predicted molar refractivity (Wildman–Crippen MR) is 91.3 cm³/mol. The van der Waals surface area contributed by atoms with E-state index in [1.165, 1.54) is 0 Å². The third-order valence-corrected chi connectivity index (χ3v) is 4.88. The zero-order valence-corrected chi connectivity index (χ0v) is 14.0. The van der Waals surface area contributed by atoms with E-state index in [9.17, 15) is 4.79 Å². The van der Waals surface area contributed by atoms with Crippen LogP contribution in [-0.4, -0.2) is 52.7 Å². The van der Waals surface area contributed by atoms with Crippen LogP contribution in [0.15, 0.2) is 48.8 Å². The molecule has 2 aliphatic rings. The van der Waals surface area contributed by atoms with E-state index in [1.807, 2.05) is 35.2 Å². The highest BCUT2D eigenvalue weighted by Gasteiger charge is 2.43. The van der Waals surface area contributed by atoms with Crippen molar-refractivity contribution in [2.45, 2.75) is 25.0 Å². The number of aromatic nitrogens is 2. The molecule has 2 fully saturated rings. The molecule has 25 heavy (non-hydrogen) atoms. The average molecular weight is 339 g/mol. The minimum atomic E-state index is -0.00908. The molecule has 0 N–H and O–H groups in total. The minimum Gasteiger partial charge on any atom is -0.477 e. The van der Waals surface area contributed by atoms with Crippen molar-refractivity contribution in [3.05, 3.63) is 54.5 Å². The fourth-order valence-electron chi connectivity index (χ4n) is 3.71. The van der Waals surface area contributed by atoms with E-state index in [1.54, 1.807) is 18.5 Å². The van der Waals surface area contributed by atoms with E-state index >= 15 is 0 Å². The summed E-state index contributed by atoms with van der Waals surface area (Å²) in [6.07, 6.45) is 5.25. The maximum atomic E-state index is 12.8. The molecule has 0 aromatic carbocycles. The van der Waals surface area contributed by atoms with Crippen molar-refractivity contribution in [2.24, 2.45) is 5.92 Å². The molecule has 1 saturated heterocycles. The van der Waals surface area contributed by atoms with E-state index in [0.717, 1.165) is 12.8 Å². The smallest absolute Gasteiger partial charge is 0.272 e. The fourth-order valence-corrected chi connectivity index (χ4v) is 3.71. The summed E-state index contributed by atoms with van der Waals surface area (Å²) in [5.41, 5.74) is 0.497. The van der Waals surface area contributed by atoms with Crippen molar-refractivity contribution < 1.29 is 14.3 Å². The summed E-state index contributed by atoms with van der Waals surface area (Å²) < 4.78 is 11.7. The van der Waals surface area contributed by atoms with Crippen molar-refractivity contribution in [1.29, 1.82) is 0 Å². The SMILES string of the molecule is O=C(c1ccccn1)N1CCO[C@@H]2C[C@@H](COc3ccccn3)C[C@H]21. The predicted octanol–water partition coefficient (Wildman–Crippen LogP) is 2.18. The van der Waals surface area contributed by atoms with Crippen LogP contribution < -0.4 is 4.74 Å². The third kappa shape index (κ3) is 3.49. The molecule has 130 valence electrons. The number of morpholine rings is 1. The first-order valence-electron chi connectivity index (χ1n) is 8.68. The van der Waals surface area contributed by atoms with Crippen molar-refractivity contribution >= 4 is 5.91 Å². The quantitative estimate of drug-likeness (QED) is 0.854. The molecule has 2 aromatic rings. The Labute approximate surface area is 146 Å². The van der Waals surface area contributed by atoms with Crippen molar-refractivity contribution in [3.63, 3.8) is 0 Å². The molecule has 0 unspecified atom stereocenters. The molecule has 6 nitrogen and oxygen atoms in total. The number of rotatable bonds is 4. The Morgan fingerprint density at radius 2 is 2.00 bits per heavy atom. The number of pyridine rings is 2. The van der Waals surface area contributed by atoms with Gasteiger partial charge in [0.05, 0.1) is 25.4 Å². The molecule has 4 rings (SSSR count). The largest absolute Gasteiger partial charge is 0.477 e. The molecule has 6 heteroatoms. The van der Waals surface area contributed by atoms with Crippen LogP contribution in [0, 0.1) is 5.92 Å². The van der Waals surface area contributed by atoms with Crippen LogP contribution in [0.2, 0.25) is 0 Å². The Morgan fingerprint density at radius 1 is 1.16 bits per heavy atom. The number of ether oxygens (including phenoxy) is 2. The van der Waals surface area contributed by atoms with Gasteiger partial charge < -0.3 is 14.4 Å². The minimum absolute atomic E-state index is 0.00908. The number of hydrogen-bond donors (Lipinski definition) is 0. The molecular formula is C19H21N3O3. The molecule has 0 spiro atoms. The van der Waals surface area contributed by atoms with Crippen molar-refractivity contribution in [3.8, 4) is 5.88 Å². The van der Waals surface area contributed by atoms with Gasteiger partial charge in [0.15, 0.2) is 0 Å². The fraction of sp³-hybridized carbons (Fsp3) is 0.421. The van der Waals surface area contributed by atoms with Gasteiger partial charge in [-0.15, -0.1) is 0 Å². The van der Waals surface area contributed by atoms with Crippen molar-refractivity contribution in [2.75, 3.05) is 19.8 Å². The van der Waals surface area contributed by atoms with Crippen LogP contribution in [0.1, 0.15) is 23.3 Å². The van der Waals surface area contributed by atoms with Crippen LogP contribution in [0.3, 0.4) is 0 Å². The van der Waals surface area contributed by atoms with Crippen LogP contribution in [0.5, 0.6) is 5.88 Å². The summed E-state index contributed by atoms with van der Waals surface area (Å²) in [6, 6.07) is 11.2. The molecule has 2 aromatic heterocycles. The van der Waals surface area contributed by atoms with Gasteiger partial charge in [0.2, 0.25) is 5.88 Å². The Morgan fingerprint density at radius 3 is 2.76 bits per heavy atom. The highest BCUT2D eigenvalue weighted by molar-refractivity contribution is 5.92. The van der Waals surface area contributed by atoms with E-state index < -0.39 is 0 Å². The average Bonchev–Trinajstić information content (AvgIpc) is 3.10. The lowest BCUT2D eigenvalue weighted by Gasteiger charge is -2.37. The first-order chi connectivity index (χ1) is 12.3. The van der Waals surface area contributed by atoms with Crippen LogP contribution in [0.4, 0.5) is 0 Å². The van der Waals surface area contributed by atoms with Gasteiger partial charge in [-0.3, -0.25) is 9.78 Å². The van der Waals surface area contributed by atoms with Gasteiger partial charge in [-0.1, -0.05) is 12.1 Å². The van der Waals surface area contributed by atoms with Gasteiger partial charge in [-0.05, 0) is 37.0 Å². The number of fused-ring (bicyclic) bond motifs is 1. The number of amides is 1. The second-order valence-corrected chi connectivity index (χ2v) is 6.51. The summed E-state index contributed by atoms with van der Waals surface area (Å²) >= 11 is 0. The van der Waals surface area contributed by atoms with Gasteiger partial charge in [-0.25, -0.2) is 4.98 Å². The number of hydrogen-bond acceptors (Lipinski definition) is 5.